The maximum Gasteiger partial charge on any atom is 0.253 e. The van der Waals surface area contributed by atoms with Crippen molar-refractivity contribution in [2.45, 2.75) is 6.04 Å². The maximum atomic E-state index is 13.1. The molecule has 0 aromatic heterocycles. The zero-order chi connectivity index (χ0) is 20.4. The Morgan fingerprint density at radius 1 is 0.931 bits per heavy atom. The lowest BCUT2D eigenvalue weighted by atomic mass is 9.99. The fraction of sp³-hybridized carbons (Fsp3) is 0.125. The molecular formula is C24H21N2O3. The van der Waals surface area contributed by atoms with Gasteiger partial charge in [0.1, 0.15) is 0 Å². The fourth-order valence-electron chi connectivity index (χ4n) is 3.47. The van der Waals surface area contributed by atoms with E-state index in [0.717, 1.165) is 22.3 Å². The summed E-state index contributed by atoms with van der Waals surface area (Å²) in [5.41, 5.74) is 4.54. The average molecular weight is 385 g/mol. The number of amides is 1. The fourth-order valence-corrected chi connectivity index (χ4v) is 3.47. The Bertz CT molecular complexity index is 1090. The summed E-state index contributed by atoms with van der Waals surface area (Å²) in [5, 5.41) is 3.01. The maximum absolute atomic E-state index is 13.1. The van der Waals surface area contributed by atoms with E-state index in [9.17, 15) is 4.79 Å². The summed E-state index contributed by atoms with van der Waals surface area (Å²) in [4.78, 5) is 18.0. The lowest BCUT2D eigenvalue weighted by Gasteiger charge is -2.15. The first-order valence-corrected chi connectivity index (χ1v) is 9.23. The molecule has 3 aromatic rings. The van der Waals surface area contributed by atoms with Gasteiger partial charge in [-0.2, -0.15) is 0 Å². The molecule has 0 saturated heterocycles. The van der Waals surface area contributed by atoms with Crippen molar-refractivity contribution in [3.8, 4) is 11.5 Å². The molecule has 0 spiro atoms. The molecule has 1 aliphatic heterocycles. The smallest absolute Gasteiger partial charge is 0.253 e. The van der Waals surface area contributed by atoms with E-state index in [1.807, 2.05) is 60.7 Å². The monoisotopic (exact) mass is 385 g/mol. The van der Waals surface area contributed by atoms with E-state index in [1.54, 1.807) is 20.3 Å². The number of nitrogens with zero attached hydrogens (tertiary/aromatic N) is 1. The minimum atomic E-state index is -0.719. The summed E-state index contributed by atoms with van der Waals surface area (Å²) < 4.78 is 10.9. The van der Waals surface area contributed by atoms with Gasteiger partial charge in [0.2, 0.25) is 0 Å². The molecule has 4 rings (SSSR count). The van der Waals surface area contributed by atoms with Crippen molar-refractivity contribution < 1.29 is 14.3 Å². The largest absolute Gasteiger partial charge is 0.493 e. The molecule has 1 amide bonds. The zero-order valence-corrected chi connectivity index (χ0v) is 16.3. The minimum Gasteiger partial charge on any atom is -0.493 e. The minimum absolute atomic E-state index is 0.222. The number of benzene rings is 3. The van der Waals surface area contributed by atoms with Crippen LogP contribution in [0.15, 0.2) is 71.7 Å². The standard InChI is InChI=1S/C24H21N2O3/c1-15-9-7-8-12-17(15)23-24(27)25-19-14-21(29-3)20(28-2)13-18(19)22(26-23)16-10-5-4-6-11-16/h4-14,23H,1H2,2-3H3,(H,25,27). The predicted molar refractivity (Wildman–Crippen MR) is 114 cm³/mol. The van der Waals surface area contributed by atoms with Crippen molar-refractivity contribution in [2.75, 3.05) is 19.5 Å². The number of aliphatic imine (C=N–C) groups is 1. The molecule has 1 radical (unpaired) electrons. The number of hydrogen-bond donors (Lipinski definition) is 1. The van der Waals surface area contributed by atoms with Crippen molar-refractivity contribution in [3.63, 3.8) is 0 Å². The molecule has 145 valence electrons. The molecule has 3 aromatic carbocycles. The molecule has 1 heterocycles. The van der Waals surface area contributed by atoms with Crippen LogP contribution in [0, 0.1) is 6.92 Å². The van der Waals surface area contributed by atoms with Gasteiger partial charge in [0.25, 0.3) is 5.91 Å². The first kappa shape index (κ1) is 18.7. The number of anilines is 1. The van der Waals surface area contributed by atoms with Crippen molar-refractivity contribution >= 4 is 17.3 Å². The second-order valence-electron chi connectivity index (χ2n) is 6.69. The van der Waals surface area contributed by atoms with E-state index < -0.39 is 6.04 Å². The van der Waals surface area contributed by atoms with Gasteiger partial charge in [-0.15, -0.1) is 0 Å². The van der Waals surface area contributed by atoms with Gasteiger partial charge in [-0.1, -0.05) is 54.6 Å². The Balaban J connectivity index is 1.97. The van der Waals surface area contributed by atoms with E-state index in [4.69, 9.17) is 14.5 Å². The Morgan fingerprint density at radius 2 is 1.59 bits per heavy atom. The second-order valence-corrected chi connectivity index (χ2v) is 6.69. The topological polar surface area (TPSA) is 59.9 Å². The third-order valence-corrected chi connectivity index (χ3v) is 4.94. The van der Waals surface area contributed by atoms with Crippen LogP contribution in [0.5, 0.6) is 11.5 Å². The highest BCUT2D eigenvalue weighted by atomic mass is 16.5. The number of hydrogen-bond acceptors (Lipinski definition) is 4. The molecule has 0 bridgehead atoms. The SMILES string of the molecule is [CH2]c1ccccc1C1N=C(c2ccccc2)c2cc(OC)c(OC)cc2NC1=O. The Hall–Kier alpha value is -3.60. The molecule has 0 aliphatic carbocycles. The molecule has 0 saturated carbocycles. The highest BCUT2D eigenvalue weighted by molar-refractivity contribution is 6.20. The van der Waals surface area contributed by atoms with Crippen LogP contribution in [0.2, 0.25) is 0 Å². The molecule has 29 heavy (non-hydrogen) atoms. The lowest BCUT2D eigenvalue weighted by Crippen LogP contribution is -2.19. The van der Waals surface area contributed by atoms with Crippen molar-refractivity contribution in [3.05, 3.63) is 95.9 Å². The number of benzodiazepines with no additional fused rings is 1. The number of ether oxygens (including phenoxy) is 2. The molecule has 1 atom stereocenters. The van der Waals surface area contributed by atoms with Gasteiger partial charge >= 0.3 is 0 Å². The van der Waals surface area contributed by atoms with Gasteiger partial charge in [0.05, 0.1) is 25.6 Å². The van der Waals surface area contributed by atoms with Crippen LogP contribution in [-0.2, 0) is 4.79 Å². The van der Waals surface area contributed by atoms with Crippen LogP contribution >= 0.6 is 0 Å². The molecule has 5 heteroatoms. The Kier molecular flexibility index (Phi) is 5.04. The third kappa shape index (κ3) is 3.47. The van der Waals surface area contributed by atoms with E-state index >= 15 is 0 Å². The van der Waals surface area contributed by atoms with E-state index in [0.29, 0.717) is 22.9 Å². The van der Waals surface area contributed by atoms with Crippen molar-refractivity contribution in [1.82, 2.24) is 0 Å². The third-order valence-electron chi connectivity index (χ3n) is 4.94. The molecule has 1 unspecified atom stereocenters. The van der Waals surface area contributed by atoms with E-state index in [-0.39, 0.29) is 5.91 Å². The number of fused-ring (bicyclic) bond motifs is 1. The summed E-state index contributed by atoms with van der Waals surface area (Å²) in [7, 11) is 3.15. The van der Waals surface area contributed by atoms with Gasteiger partial charge in [-0.3, -0.25) is 9.79 Å². The summed E-state index contributed by atoms with van der Waals surface area (Å²) >= 11 is 0. The highest BCUT2D eigenvalue weighted by Gasteiger charge is 2.29. The quantitative estimate of drug-likeness (QED) is 0.723. The van der Waals surface area contributed by atoms with E-state index in [2.05, 4.69) is 12.2 Å². The van der Waals surface area contributed by atoms with Gasteiger partial charge in [-0.05, 0) is 24.1 Å². The van der Waals surface area contributed by atoms with Crippen LogP contribution in [0.25, 0.3) is 0 Å². The first-order valence-electron chi connectivity index (χ1n) is 9.23. The highest BCUT2D eigenvalue weighted by Crippen LogP contribution is 2.38. The van der Waals surface area contributed by atoms with E-state index in [1.165, 1.54) is 0 Å². The average Bonchev–Trinajstić information content (AvgIpc) is 2.89. The normalized spacial score (nSPS) is 15.6. The summed E-state index contributed by atoms with van der Waals surface area (Å²) in [6.07, 6.45) is 0. The van der Waals surface area contributed by atoms with Gasteiger partial charge in [0.15, 0.2) is 17.5 Å². The van der Waals surface area contributed by atoms with Crippen molar-refractivity contribution in [2.24, 2.45) is 4.99 Å². The summed E-state index contributed by atoms with van der Waals surface area (Å²) in [6, 6.07) is 20.2. The zero-order valence-electron chi connectivity index (χ0n) is 16.3. The number of methoxy groups -OCH3 is 2. The Morgan fingerprint density at radius 3 is 2.28 bits per heavy atom. The molecule has 5 nitrogen and oxygen atoms in total. The van der Waals surface area contributed by atoms with Crippen LogP contribution in [0.3, 0.4) is 0 Å². The Labute approximate surface area is 170 Å². The summed E-state index contributed by atoms with van der Waals surface area (Å²) in [6.45, 7) is 4.07. The van der Waals surface area contributed by atoms with Crippen molar-refractivity contribution in [1.29, 1.82) is 0 Å². The number of carbonyl (C=O) groups is 1. The number of rotatable bonds is 4. The van der Waals surface area contributed by atoms with Gasteiger partial charge in [0, 0.05) is 17.2 Å². The molecule has 0 fully saturated rings. The van der Waals surface area contributed by atoms with Crippen LogP contribution in [0.1, 0.15) is 28.3 Å². The summed E-state index contributed by atoms with van der Waals surface area (Å²) in [5.74, 6) is 0.885. The predicted octanol–water partition coefficient (Wildman–Crippen LogP) is 4.42. The second kappa shape index (κ2) is 7.80. The molecular weight excluding hydrogens is 364 g/mol. The first-order chi connectivity index (χ1) is 14.1. The van der Waals surface area contributed by atoms with Gasteiger partial charge < -0.3 is 14.8 Å². The van der Waals surface area contributed by atoms with Crippen LogP contribution < -0.4 is 14.8 Å². The van der Waals surface area contributed by atoms with Crippen LogP contribution in [-0.4, -0.2) is 25.8 Å². The molecule has 1 aliphatic rings. The molecule has 1 N–H and O–H groups in total. The lowest BCUT2D eigenvalue weighted by molar-refractivity contribution is -0.117. The van der Waals surface area contributed by atoms with Crippen LogP contribution in [0.4, 0.5) is 5.69 Å². The number of nitrogens with one attached hydrogen (secondary N) is 1. The number of carbonyl (C=O) groups excluding carboxylic acids is 1. The van der Waals surface area contributed by atoms with Gasteiger partial charge in [-0.25, -0.2) is 0 Å².